The number of hydrogen-bond donors (Lipinski definition) is 2. The zero-order valence-electron chi connectivity index (χ0n) is 12.1. The Morgan fingerprint density at radius 1 is 1.38 bits per heavy atom. The first-order valence-electron chi connectivity index (χ1n) is 6.40. The summed E-state index contributed by atoms with van der Waals surface area (Å²) in [6.07, 6.45) is 0.198. The molecule has 0 bridgehead atoms. The van der Waals surface area contributed by atoms with Gasteiger partial charge in [-0.05, 0) is 32.3 Å². The highest BCUT2D eigenvalue weighted by Crippen LogP contribution is 2.16. The summed E-state index contributed by atoms with van der Waals surface area (Å²) in [5, 5.41) is 8.68. The largest absolute Gasteiger partial charge is 0.395 e. The molecule has 0 spiro atoms. The first kappa shape index (κ1) is 17.6. The van der Waals surface area contributed by atoms with Crippen LogP contribution in [-0.2, 0) is 10.0 Å². The van der Waals surface area contributed by atoms with Crippen molar-refractivity contribution < 1.29 is 17.9 Å². The predicted molar refractivity (Wildman–Crippen MR) is 78.7 cm³/mol. The van der Waals surface area contributed by atoms with E-state index in [2.05, 4.69) is 16.6 Å². The number of aliphatic hydroxyl groups is 1. The van der Waals surface area contributed by atoms with Gasteiger partial charge in [0, 0.05) is 25.1 Å². The molecule has 0 amide bonds. The van der Waals surface area contributed by atoms with Gasteiger partial charge in [0.15, 0.2) is 0 Å². The van der Waals surface area contributed by atoms with Crippen LogP contribution in [0.1, 0.15) is 12.0 Å². The Kier molecular flexibility index (Phi) is 6.78. The minimum Gasteiger partial charge on any atom is -0.395 e. The van der Waals surface area contributed by atoms with Crippen molar-refractivity contribution in [3.8, 4) is 11.8 Å². The van der Waals surface area contributed by atoms with E-state index < -0.39 is 15.8 Å². The predicted octanol–water partition coefficient (Wildman–Crippen LogP) is 0.400. The summed E-state index contributed by atoms with van der Waals surface area (Å²) in [5.41, 5.74) is 0.0841. The minimum atomic E-state index is -3.75. The third-order valence-corrected chi connectivity index (χ3v) is 4.06. The van der Waals surface area contributed by atoms with E-state index in [9.17, 15) is 12.8 Å². The maximum absolute atomic E-state index is 13.3. The number of nitrogens with one attached hydrogen (secondary N) is 1. The Hall–Kier alpha value is -1.46. The summed E-state index contributed by atoms with van der Waals surface area (Å²) in [5.74, 6) is 4.62. The second-order valence-electron chi connectivity index (χ2n) is 4.62. The summed E-state index contributed by atoms with van der Waals surface area (Å²) in [6, 6.07) is 3.35. The molecule has 0 saturated heterocycles. The van der Waals surface area contributed by atoms with Crippen molar-refractivity contribution in [2.24, 2.45) is 0 Å². The molecule has 7 heteroatoms. The van der Waals surface area contributed by atoms with E-state index in [0.717, 1.165) is 12.1 Å². The number of benzene rings is 1. The second-order valence-corrected chi connectivity index (χ2v) is 6.35. The van der Waals surface area contributed by atoms with E-state index in [1.165, 1.54) is 6.07 Å². The molecule has 1 aromatic carbocycles. The van der Waals surface area contributed by atoms with E-state index in [4.69, 9.17) is 5.11 Å². The van der Waals surface area contributed by atoms with Crippen molar-refractivity contribution in [3.05, 3.63) is 29.6 Å². The number of nitrogens with zero attached hydrogens (tertiary/aromatic N) is 1. The van der Waals surface area contributed by atoms with Crippen LogP contribution in [0.3, 0.4) is 0 Å². The van der Waals surface area contributed by atoms with Crippen molar-refractivity contribution in [2.45, 2.75) is 11.3 Å². The normalized spacial score (nSPS) is 11.3. The van der Waals surface area contributed by atoms with E-state index >= 15 is 0 Å². The number of sulfonamides is 1. The molecule has 0 unspecified atom stereocenters. The number of likely N-dealkylation sites (N-methyl/N-ethyl adjacent to an activating group) is 1. The first-order chi connectivity index (χ1) is 9.86. The van der Waals surface area contributed by atoms with Gasteiger partial charge in [-0.3, -0.25) is 0 Å². The molecule has 0 heterocycles. The number of aliphatic hydroxyl groups excluding tert-OH is 1. The van der Waals surface area contributed by atoms with Gasteiger partial charge in [0.05, 0.1) is 11.5 Å². The zero-order chi connectivity index (χ0) is 15.9. The lowest BCUT2D eigenvalue weighted by Crippen LogP contribution is -2.31. The molecular weight excluding hydrogens is 295 g/mol. The smallest absolute Gasteiger partial charge is 0.241 e. The lowest BCUT2D eigenvalue weighted by molar-refractivity contribution is 0.305. The molecule has 21 heavy (non-hydrogen) atoms. The molecule has 0 fully saturated rings. The van der Waals surface area contributed by atoms with Gasteiger partial charge in [0.1, 0.15) is 5.82 Å². The van der Waals surface area contributed by atoms with Gasteiger partial charge >= 0.3 is 0 Å². The quantitative estimate of drug-likeness (QED) is 0.746. The third kappa shape index (κ3) is 5.81. The molecule has 0 saturated carbocycles. The molecule has 1 rings (SSSR count). The molecule has 0 aromatic heterocycles. The standard InChI is InChI=1S/C14H19FN2O3S/c1-17(2)9-8-16-21(19,20)14-7-6-13(15)11-12(14)5-3-4-10-18/h6-7,11,16,18H,4,8-10H2,1-2H3. The lowest BCUT2D eigenvalue weighted by atomic mass is 10.2. The van der Waals surface area contributed by atoms with Gasteiger partial charge in [-0.25, -0.2) is 17.5 Å². The molecule has 2 N–H and O–H groups in total. The summed E-state index contributed by atoms with van der Waals surface area (Å²) in [6.45, 7) is 0.660. The lowest BCUT2D eigenvalue weighted by Gasteiger charge is -2.12. The fraction of sp³-hybridized carbons (Fsp3) is 0.429. The van der Waals surface area contributed by atoms with E-state index in [1.54, 1.807) is 0 Å². The van der Waals surface area contributed by atoms with Crippen LogP contribution in [0.15, 0.2) is 23.1 Å². The number of halogens is 1. The Balaban J connectivity index is 3.03. The van der Waals surface area contributed by atoms with E-state index in [1.807, 2.05) is 19.0 Å². The molecule has 0 radical (unpaired) electrons. The average Bonchev–Trinajstić information content (AvgIpc) is 2.38. The highest BCUT2D eigenvalue weighted by atomic mass is 32.2. The van der Waals surface area contributed by atoms with Gasteiger partial charge in [0.25, 0.3) is 0 Å². The maximum atomic E-state index is 13.3. The van der Waals surface area contributed by atoms with Crippen molar-refractivity contribution in [1.82, 2.24) is 9.62 Å². The first-order valence-corrected chi connectivity index (χ1v) is 7.89. The Morgan fingerprint density at radius 3 is 2.71 bits per heavy atom. The van der Waals surface area contributed by atoms with Crippen LogP contribution in [-0.4, -0.2) is 52.2 Å². The summed E-state index contributed by atoms with van der Waals surface area (Å²) >= 11 is 0. The minimum absolute atomic E-state index is 0.0619. The van der Waals surface area contributed by atoms with Crippen molar-refractivity contribution in [1.29, 1.82) is 0 Å². The van der Waals surface area contributed by atoms with Crippen molar-refractivity contribution in [3.63, 3.8) is 0 Å². The zero-order valence-corrected chi connectivity index (χ0v) is 12.9. The fourth-order valence-corrected chi connectivity index (χ4v) is 2.69. The monoisotopic (exact) mass is 314 g/mol. The molecule has 0 aliphatic carbocycles. The molecule has 0 aliphatic heterocycles. The third-order valence-electron chi connectivity index (χ3n) is 2.54. The molecule has 5 nitrogen and oxygen atoms in total. The maximum Gasteiger partial charge on any atom is 0.241 e. The van der Waals surface area contributed by atoms with Crippen LogP contribution >= 0.6 is 0 Å². The fourth-order valence-electron chi connectivity index (χ4n) is 1.53. The van der Waals surface area contributed by atoms with Crippen LogP contribution in [0, 0.1) is 17.7 Å². The second kappa shape index (κ2) is 8.10. The molecule has 1 aromatic rings. The Morgan fingerprint density at radius 2 is 2.10 bits per heavy atom. The van der Waals surface area contributed by atoms with Crippen LogP contribution in [0.2, 0.25) is 0 Å². The SMILES string of the molecule is CN(C)CCNS(=O)(=O)c1ccc(F)cc1C#CCCO. The topological polar surface area (TPSA) is 69.6 Å². The van der Waals surface area contributed by atoms with Crippen LogP contribution < -0.4 is 4.72 Å². The summed E-state index contributed by atoms with van der Waals surface area (Å²) in [7, 11) is -0.0862. The average molecular weight is 314 g/mol. The van der Waals surface area contributed by atoms with Crippen molar-refractivity contribution >= 4 is 10.0 Å². The molecular formula is C14H19FN2O3S. The van der Waals surface area contributed by atoms with E-state index in [-0.39, 0.29) is 30.0 Å². The summed E-state index contributed by atoms with van der Waals surface area (Å²) < 4.78 is 40.1. The molecule has 0 atom stereocenters. The van der Waals surface area contributed by atoms with Crippen LogP contribution in [0.4, 0.5) is 4.39 Å². The van der Waals surface area contributed by atoms with Gasteiger partial charge in [-0.2, -0.15) is 0 Å². The number of hydrogen-bond acceptors (Lipinski definition) is 4. The highest BCUT2D eigenvalue weighted by molar-refractivity contribution is 7.89. The van der Waals surface area contributed by atoms with Crippen LogP contribution in [0.25, 0.3) is 0 Å². The number of rotatable bonds is 6. The Labute approximate surface area is 124 Å². The van der Waals surface area contributed by atoms with Gasteiger partial charge in [-0.15, -0.1) is 0 Å². The highest BCUT2D eigenvalue weighted by Gasteiger charge is 2.17. The summed E-state index contributed by atoms with van der Waals surface area (Å²) in [4.78, 5) is 1.78. The van der Waals surface area contributed by atoms with Crippen LogP contribution in [0.5, 0.6) is 0 Å². The molecule has 0 aliphatic rings. The Bertz CT molecular complexity index is 633. The van der Waals surface area contributed by atoms with Gasteiger partial charge < -0.3 is 10.0 Å². The van der Waals surface area contributed by atoms with Crippen molar-refractivity contribution in [2.75, 3.05) is 33.8 Å². The molecule has 116 valence electrons. The van der Waals surface area contributed by atoms with Gasteiger partial charge in [0.2, 0.25) is 10.0 Å². The van der Waals surface area contributed by atoms with Gasteiger partial charge in [-0.1, -0.05) is 11.8 Å². The van der Waals surface area contributed by atoms with E-state index in [0.29, 0.717) is 6.54 Å².